The van der Waals surface area contributed by atoms with Crippen molar-refractivity contribution in [1.29, 1.82) is 0 Å². The lowest BCUT2D eigenvalue weighted by atomic mass is 10.00. The van der Waals surface area contributed by atoms with Crippen LogP contribution in [0, 0.1) is 5.82 Å². The van der Waals surface area contributed by atoms with Gasteiger partial charge in [0, 0.05) is 18.1 Å². The molecule has 0 spiro atoms. The van der Waals surface area contributed by atoms with Gasteiger partial charge in [-0.25, -0.2) is 12.8 Å². The van der Waals surface area contributed by atoms with E-state index in [1.54, 1.807) is 0 Å². The predicted molar refractivity (Wildman–Crippen MR) is 151 cm³/mol. The molecule has 4 rings (SSSR count). The van der Waals surface area contributed by atoms with Crippen LogP contribution in [0.5, 0.6) is 5.75 Å². The second kappa shape index (κ2) is 12.3. The normalized spacial score (nSPS) is 11.7. The van der Waals surface area contributed by atoms with E-state index in [1.165, 1.54) is 46.3 Å². The molecule has 0 amide bonds. The van der Waals surface area contributed by atoms with Gasteiger partial charge in [0.2, 0.25) is 10.0 Å². The zero-order valence-electron chi connectivity index (χ0n) is 20.9. The highest BCUT2D eigenvalue weighted by Gasteiger charge is 2.29. The first kappa shape index (κ1) is 28.1. The lowest BCUT2D eigenvalue weighted by molar-refractivity contribution is 0.394. The quantitative estimate of drug-likeness (QED) is 0.208. The molecule has 198 valence electrons. The van der Waals surface area contributed by atoms with Crippen molar-refractivity contribution >= 4 is 33.2 Å². The van der Waals surface area contributed by atoms with Gasteiger partial charge in [0.1, 0.15) is 10.7 Å². The Labute approximate surface area is 233 Å². The van der Waals surface area contributed by atoms with Crippen molar-refractivity contribution < 1.29 is 17.9 Å². The number of hydrogen-bond acceptors (Lipinski definition) is 3. The summed E-state index contributed by atoms with van der Waals surface area (Å²) in [6, 6.07) is 24.1. The molecule has 0 aliphatic carbocycles. The lowest BCUT2D eigenvalue weighted by Crippen LogP contribution is -2.30. The van der Waals surface area contributed by atoms with Gasteiger partial charge in [-0.2, -0.15) is 4.31 Å². The first-order chi connectivity index (χ1) is 18.2. The van der Waals surface area contributed by atoms with Crippen molar-refractivity contribution in [2.75, 3.05) is 0 Å². The van der Waals surface area contributed by atoms with Crippen molar-refractivity contribution in [1.82, 2.24) is 4.31 Å². The van der Waals surface area contributed by atoms with Crippen LogP contribution in [0.3, 0.4) is 0 Å². The fourth-order valence-corrected chi connectivity index (χ4v) is 6.36. The molecule has 4 nitrogen and oxygen atoms in total. The first-order valence-corrected chi connectivity index (χ1v) is 14.5. The summed E-state index contributed by atoms with van der Waals surface area (Å²) in [5.41, 5.74) is 4.59. The SMILES string of the molecule is CCCCc1ccc(-c2cccc(CN(Cc3ccc(F)cc3)S(=O)(=O)c3cc(Cl)cc(Cl)c3O)c2)cc1. The summed E-state index contributed by atoms with van der Waals surface area (Å²) in [6.45, 7) is 2.12. The molecule has 8 heteroatoms. The maximum Gasteiger partial charge on any atom is 0.247 e. The number of nitrogens with zero attached hydrogens (tertiary/aromatic N) is 1. The van der Waals surface area contributed by atoms with Gasteiger partial charge in [-0.05, 0) is 71.0 Å². The van der Waals surface area contributed by atoms with Gasteiger partial charge in [-0.3, -0.25) is 0 Å². The highest BCUT2D eigenvalue weighted by Crippen LogP contribution is 2.36. The molecule has 0 heterocycles. The smallest absolute Gasteiger partial charge is 0.247 e. The van der Waals surface area contributed by atoms with E-state index in [0.717, 1.165) is 36.0 Å². The molecule has 4 aromatic carbocycles. The molecule has 0 aliphatic rings. The zero-order valence-corrected chi connectivity index (χ0v) is 23.2. The number of hydrogen-bond donors (Lipinski definition) is 1. The molecule has 0 radical (unpaired) electrons. The third-order valence-corrected chi connectivity index (χ3v) is 8.59. The number of unbranched alkanes of at least 4 members (excludes halogenated alkanes) is 1. The standard InChI is InChI=1S/C30H28Cl2FNO3S/c1-2-3-5-21-8-12-24(13-9-21)25-7-4-6-23(16-25)20-34(19-22-10-14-27(33)15-11-22)38(36,37)29-18-26(31)17-28(32)30(29)35/h4,6-18,35H,2-3,5,19-20H2,1H3. The van der Waals surface area contributed by atoms with E-state index >= 15 is 0 Å². The van der Waals surface area contributed by atoms with Crippen molar-refractivity contribution in [2.45, 2.75) is 44.2 Å². The van der Waals surface area contributed by atoms with Gasteiger partial charge in [-0.15, -0.1) is 0 Å². The van der Waals surface area contributed by atoms with Crippen LogP contribution >= 0.6 is 23.2 Å². The Balaban J connectivity index is 1.69. The van der Waals surface area contributed by atoms with Crippen LogP contribution < -0.4 is 0 Å². The van der Waals surface area contributed by atoms with Gasteiger partial charge < -0.3 is 5.11 Å². The minimum atomic E-state index is -4.25. The molecule has 0 aromatic heterocycles. The monoisotopic (exact) mass is 571 g/mol. The maximum absolute atomic E-state index is 13.8. The van der Waals surface area contributed by atoms with Crippen LogP contribution in [0.15, 0.2) is 89.8 Å². The van der Waals surface area contributed by atoms with Crippen molar-refractivity contribution in [3.8, 4) is 16.9 Å². The molecule has 38 heavy (non-hydrogen) atoms. The molecule has 0 saturated carbocycles. The van der Waals surface area contributed by atoms with E-state index in [-0.39, 0.29) is 23.1 Å². The number of phenols is 1. The van der Waals surface area contributed by atoms with E-state index in [1.807, 2.05) is 24.3 Å². The number of phenolic OH excluding ortho intramolecular Hbond substituents is 1. The van der Waals surface area contributed by atoms with E-state index in [0.29, 0.717) is 5.56 Å². The van der Waals surface area contributed by atoms with Crippen LogP contribution in [0.2, 0.25) is 10.0 Å². The number of sulfonamides is 1. The van der Waals surface area contributed by atoms with Crippen LogP contribution in [-0.2, 0) is 29.5 Å². The second-order valence-electron chi connectivity index (χ2n) is 9.13. The Kier molecular flexibility index (Phi) is 9.11. The molecule has 0 aliphatic heterocycles. The second-order valence-corrected chi connectivity index (χ2v) is 11.9. The van der Waals surface area contributed by atoms with Crippen molar-refractivity contribution in [3.05, 3.63) is 117 Å². The molecule has 4 aromatic rings. The number of aromatic hydroxyl groups is 1. The highest BCUT2D eigenvalue weighted by molar-refractivity contribution is 7.89. The summed E-state index contributed by atoms with van der Waals surface area (Å²) in [6.07, 6.45) is 3.31. The van der Waals surface area contributed by atoms with Crippen LogP contribution in [0.25, 0.3) is 11.1 Å². The molecular formula is C30H28Cl2FNO3S. The van der Waals surface area contributed by atoms with E-state index in [9.17, 15) is 17.9 Å². The van der Waals surface area contributed by atoms with Crippen molar-refractivity contribution in [2.24, 2.45) is 0 Å². The molecule has 1 N–H and O–H groups in total. The fraction of sp³-hybridized carbons (Fsp3) is 0.200. The topological polar surface area (TPSA) is 57.6 Å². The Bertz CT molecular complexity index is 1510. The predicted octanol–water partition coefficient (Wildman–Crippen LogP) is 8.24. The zero-order chi connectivity index (χ0) is 27.3. The lowest BCUT2D eigenvalue weighted by Gasteiger charge is -2.24. The van der Waals surface area contributed by atoms with Gasteiger partial charge in [-0.1, -0.05) is 91.1 Å². The van der Waals surface area contributed by atoms with Gasteiger partial charge in [0.25, 0.3) is 0 Å². The number of aryl methyl sites for hydroxylation is 1. The van der Waals surface area contributed by atoms with Gasteiger partial charge in [0.15, 0.2) is 5.75 Å². The highest BCUT2D eigenvalue weighted by atomic mass is 35.5. The molecule has 0 fully saturated rings. The van der Waals surface area contributed by atoms with E-state index in [2.05, 4.69) is 31.2 Å². The Morgan fingerprint density at radius 3 is 2.16 bits per heavy atom. The Morgan fingerprint density at radius 1 is 0.816 bits per heavy atom. The number of benzene rings is 4. The third-order valence-electron chi connectivity index (χ3n) is 6.28. The summed E-state index contributed by atoms with van der Waals surface area (Å²) in [7, 11) is -4.25. The largest absolute Gasteiger partial charge is 0.505 e. The Hall–Kier alpha value is -2.90. The van der Waals surface area contributed by atoms with Gasteiger partial charge >= 0.3 is 0 Å². The summed E-state index contributed by atoms with van der Waals surface area (Å²) in [5, 5.41) is 10.4. The molecule has 0 unspecified atom stereocenters. The number of halogens is 3. The van der Waals surface area contributed by atoms with E-state index < -0.39 is 26.5 Å². The summed E-state index contributed by atoms with van der Waals surface area (Å²) in [5.74, 6) is -0.993. The minimum Gasteiger partial charge on any atom is -0.505 e. The van der Waals surface area contributed by atoms with Crippen LogP contribution in [0.4, 0.5) is 4.39 Å². The van der Waals surface area contributed by atoms with Crippen LogP contribution in [-0.4, -0.2) is 17.8 Å². The Morgan fingerprint density at radius 2 is 1.47 bits per heavy atom. The first-order valence-electron chi connectivity index (χ1n) is 12.3. The molecule has 0 saturated heterocycles. The summed E-state index contributed by atoms with van der Waals surface area (Å²) >= 11 is 12.1. The molecular weight excluding hydrogens is 544 g/mol. The summed E-state index contributed by atoms with van der Waals surface area (Å²) < 4.78 is 42.3. The van der Waals surface area contributed by atoms with Gasteiger partial charge in [0.05, 0.1) is 5.02 Å². The minimum absolute atomic E-state index is 0.00566. The maximum atomic E-state index is 13.8. The van der Waals surface area contributed by atoms with E-state index in [4.69, 9.17) is 23.2 Å². The molecule has 0 atom stereocenters. The average molecular weight is 573 g/mol. The average Bonchev–Trinajstić information content (AvgIpc) is 2.90. The third kappa shape index (κ3) is 6.75. The molecule has 0 bridgehead atoms. The summed E-state index contributed by atoms with van der Waals surface area (Å²) in [4.78, 5) is -0.393. The number of rotatable bonds is 10. The van der Waals surface area contributed by atoms with Crippen LogP contribution in [0.1, 0.15) is 36.5 Å². The van der Waals surface area contributed by atoms with Crippen molar-refractivity contribution in [3.63, 3.8) is 0 Å². The fourth-order valence-electron chi connectivity index (χ4n) is 4.20.